The maximum atomic E-state index is 12.5. The fourth-order valence-corrected chi connectivity index (χ4v) is 3.94. The molecule has 4 rings (SSSR count). The summed E-state index contributed by atoms with van der Waals surface area (Å²) in [6, 6.07) is 10.7. The Kier molecular flexibility index (Phi) is 5.03. The molecule has 0 spiro atoms. The molecule has 2 aromatic heterocycles. The van der Waals surface area contributed by atoms with Gasteiger partial charge in [-0.05, 0) is 24.3 Å². The Morgan fingerprint density at radius 1 is 1.04 bits per heavy atom. The molecular formula is C20H18N4O3S. The van der Waals surface area contributed by atoms with Crippen LogP contribution < -0.4 is 5.56 Å². The van der Waals surface area contributed by atoms with Gasteiger partial charge in [0.05, 0.1) is 15.8 Å². The van der Waals surface area contributed by atoms with Gasteiger partial charge in [0.25, 0.3) is 5.91 Å². The molecule has 142 valence electrons. The molecule has 0 unspecified atom stereocenters. The van der Waals surface area contributed by atoms with E-state index in [1.54, 1.807) is 27.2 Å². The molecule has 1 aromatic carbocycles. The molecule has 1 fully saturated rings. The van der Waals surface area contributed by atoms with E-state index in [-0.39, 0.29) is 17.4 Å². The highest BCUT2D eigenvalue weighted by atomic mass is 32.1. The van der Waals surface area contributed by atoms with Gasteiger partial charge in [-0.15, -0.1) is 11.3 Å². The minimum Gasteiger partial charge on any atom is -0.336 e. The van der Waals surface area contributed by atoms with Crippen molar-refractivity contribution in [3.63, 3.8) is 0 Å². The Hall–Kier alpha value is -3.26. The van der Waals surface area contributed by atoms with Crippen LogP contribution in [0.15, 0.2) is 53.5 Å². The summed E-state index contributed by atoms with van der Waals surface area (Å²) >= 11 is 1.54. The summed E-state index contributed by atoms with van der Waals surface area (Å²) < 4.78 is 1.09. The summed E-state index contributed by atoms with van der Waals surface area (Å²) in [5.41, 5.74) is 1.12. The number of hydrogen-bond donors (Lipinski definition) is 1. The second-order valence-corrected chi connectivity index (χ2v) is 7.47. The van der Waals surface area contributed by atoms with Gasteiger partial charge in [0.15, 0.2) is 0 Å². The molecule has 1 N–H and O–H groups in total. The number of carbonyl (C=O) groups is 2. The van der Waals surface area contributed by atoms with Crippen LogP contribution in [-0.4, -0.2) is 57.8 Å². The van der Waals surface area contributed by atoms with Crippen LogP contribution in [-0.2, 0) is 4.79 Å². The molecule has 3 heterocycles. The van der Waals surface area contributed by atoms with Crippen LogP contribution in [0, 0.1) is 0 Å². The van der Waals surface area contributed by atoms with Crippen LogP contribution >= 0.6 is 11.3 Å². The fourth-order valence-electron chi connectivity index (χ4n) is 3.07. The maximum absolute atomic E-state index is 12.5. The number of benzene rings is 1. The standard InChI is InChI=1S/C20H18N4O3S/c25-17-6-5-14(13-21-17)20(27)24-11-9-23(10-12-24)19(26)8-7-18-22-15-3-1-2-4-16(15)28-18/h1-8,13H,9-12H2,(H,21,25)/b8-7+. The predicted octanol–water partition coefficient (Wildman–Crippen LogP) is 1.98. The molecule has 0 bridgehead atoms. The topological polar surface area (TPSA) is 86.4 Å². The van der Waals surface area contributed by atoms with Gasteiger partial charge in [0.1, 0.15) is 5.01 Å². The highest BCUT2D eigenvalue weighted by Gasteiger charge is 2.24. The molecule has 0 radical (unpaired) electrons. The summed E-state index contributed by atoms with van der Waals surface area (Å²) in [6.07, 6.45) is 4.70. The van der Waals surface area contributed by atoms with Crippen molar-refractivity contribution in [1.29, 1.82) is 0 Å². The smallest absolute Gasteiger partial charge is 0.255 e. The third kappa shape index (κ3) is 3.86. The summed E-state index contributed by atoms with van der Waals surface area (Å²) in [4.78, 5) is 46.4. The van der Waals surface area contributed by atoms with Crippen molar-refractivity contribution < 1.29 is 9.59 Å². The number of aromatic amines is 1. The summed E-state index contributed by atoms with van der Waals surface area (Å²) in [5, 5.41) is 0.793. The Morgan fingerprint density at radius 3 is 2.50 bits per heavy atom. The second-order valence-electron chi connectivity index (χ2n) is 6.41. The van der Waals surface area contributed by atoms with Gasteiger partial charge in [-0.25, -0.2) is 4.98 Å². The number of hydrogen-bond acceptors (Lipinski definition) is 5. The molecule has 28 heavy (non-hydrogen) atoms. The average Bonchev–Trinajstić information content (AvgIpc) is 3.15. The largest absolute Gasteiger partial charge is 0.336 e. The maximum Gasteiger partial charge on any atom is 0.255 e. The minimum atomic E-state index is -0.244. The summed E-state index contributed by atoms with van der Waals surface area (Å²) in [6.45, 7) is 1.85. The molecule has 0 aliphatic carbocycles. The lowest BCUT2D eigenvalue weighted by Gasteiger charge is -2.34. The molecule has 8 heteroatoms. The number of para-hydroxylation sites is 1. The van der Waals surface area contributed by atoms with Crippen LogP contribution in [0.25, 0.3) is 16.3 Å². The Bertz CT molecular complexity index is 1060. The van der Waals surface area contributed by atoms with Crippen LogP contribution in [0.5, 0.6) is 0 Å². The van der Waals surface area contributed by atoms with Crippen LogP contribution in [0.1, 0.15) is 15.4 Å². The van der Waals surface area contributed by atoms with Crippen LogP contribution in [0.4, 0.5) is 0 Å². The molecule has 1 aliphatic heterocycles. The number of piperazine rings is 1. The van der Waals surface area contributed by atoms with Gasteiger partial charge in [0, 0.05) is 44.5 Å². The highest BCUT2D eigenvalue weighted by Crippen LogP contribution is 2.22. The van der Waals surface area contributed by atoms with Crippen molar-refractivity contribution in [3.05, 3.63) is 69.6 Å². The first kappa shape index (κ1) is 18.1. The zero-order valence-corrected chi connectivity index (χ0v) is 15.8. The zero-order chi connectivity index (χ0) is 19.5. The lowest BCUT2D eigenvalue weighted by molar-refractivity contribution is -0.127. The van der Waals surface area contributed by atoms with E-state index in [1.165, 1.54) is 24.4 Å². The Labute approximate surface area is 164 Å². The number of thiazole rings is 1. The number of carbonyl (C=O) groups excluding carboxylic acids is 2. The van der Waals surface area contributed by atoms with E-state index in [9.17, 15) is 14.4 Å². The first-order valence-corrected chi connectivity index (χ1v) is 9.72. The van der Waals surface area contributed by atoms with Gasteiger partial charge in [-0.3, -0.25) is 14.4 Å². The third-order valence-electron chi connectivity index (χ3n) is 4.59. The second kappa shape index (κ2) is 7.77. The number of rotatable bonds is 3. The van der Waals surface area contributed by atoms with Crippen molar-refractivity contribution in [1.82, 2.24) is 19.8 Å². The molecule has 3 aromatic rings. The molecular weight excluding hydrogens is 376 g/mol. The summed E-state index contributed by atoms with van der Waals surface area (Å²) in [7, 11) is 0. The zero-order valence-electron chi connectivity index (χ0n) is 15.0. The number of H-pyrrole nitrogens is 1. The molecule has 0 atom stereocenters. The van der Waals surface area contributed by atoms with Crippen molar-refractivity contribution in [3.8, 4) is 0 Å². The molecule has 0 saturated carbocycles. The SMILES string of the molecule is O=C(/C=C/c1nc2ccccc2s1)N1CCN(C(=O)c2ccc(=O)[nH]c2)CC1. The lowest BCUT2D eigenvalue weighted by atomic mass is 10.2. The van der Waals surface area contributed by atoms with E-state index < -0.39 is 0 Å². The van der Waals surface area contributed by atoms with Gasteiger partial charge >= 0.3 is 0 Å². The molecule has 1 aliphatic rings. The first-order valence-electron chi connectivity index (χ1n) is 8.91. The molecule has 7 nitrogen and oxygen atoms in total. The number of amides is 2. The van der Waals surface area contributed by atoms with E-state index in [2.05, 4.69) is 9.97 Å². The van der Waals surface area contributed by atoms with Crippen molar-refractivity contribution in [2.24, 2.45) is 0 Å². The number of fused-ring (bicyclic) bond motifs is 1. The van der Waals surface area contributed by atoms with Gasteiger partial charge in [0.2, 0.25) is 11.5 Å². The van der Waals surface area contributed by atoms with E-state index in [4.69, 9.17) is 0 Å². The van der Waals surface area contributed by atoms with Crippen molar-refractivity contribution in [2.75, 3.05) is 26.2 Å². The van der Waals surface area contributed by atoms with Gasteiger partial charge in [-0.2, -0.15) is 0 Å². The van der Waals surface area contributed by atoms with Crippen LogP contribution in [0.2, 0.25) is 0 Å². The van der Waals surface area contributed by atoms with Gasteiger partial charge in [-0.1, -0.05) is 12.1 Å². The molecule has 2 amide bonds. The fraction of sp³-hybridized carbons (Fsp3) is 0.200. The predicted molar refractivity (Wildman–Crippen MR) is 108 cm³/mol. The quantitative estimate of drug-likeness (QED) is 0.689. The normalized spacial score (nSPS) is 14.7. The summed E-state index contributed by atoms with van der Waals surface area (Å²) in [5.74, 6) is -0.233. The number of nitrogens with zero attached hydrogens (tertiary/aromatic N) is 3. The lowest BCUT2D eigenvalue weighted by Crippen LogP contribution is -2.50. The Balaban J connectivity index is 1.35. The number of pyridine rings is 1. The van der Waals surface area contributed by atoms with E-state index >= 15 is 0 Å². The van der Waals surface area contributed by atoms with E-state index in [1.807, 2.05) is 24.3 Å². The van der Waals surface area contributed by atoms with E-state index in [0.717, 1.165) is 15.2 Å². The number of nitrogens with one attached hydrogen (secondary N) is 1. The molecule has 1 saturated heterocycles. The van der Waals surface area contributed by atoms with Gasteiger partial charge < -0.3 is 14.8 Å². The minimum absolute atomic E-state index is 0.0876. The van der Waals surface area contributed by atoms with Crippen molar-refractivity contribution >= 4 is 39.4 Å². The monoisotopic (exact) mass is 394 g/mol. The van der Waals surface area contributed by atoms with E-state index in [0.29, 0.717) is 31.7 Å². The average molecular weight is 394 g/mol. The number of aromatic nitrogens is 2. The van der Waals surface area contributed by atoms with Crippen molar-refractivity contribution in [2.45, 2.75) is 0 Å². The highest BCUT2D eigenvalue weighted by molar-refractivity contribution is 7.19. The van der Waals surface area contributed by atoms with Crippen LogP contribution in [0.3, 0.4) is 0 Å². The Morgan fingerprint density at radius 2 is 1.79 bits per heavy atom. The third-order valence-corrected chi connectivity index (χ3v) is 5.59. The first-order chi connectivity index (χ1) is 13.6.